The minimum absolute atomic E-state index is 0.160. The highest BCUT2D eigenvalue weighted by Gasteiger charge is 2.20. The van der Waals surface area contributed by atoms with Crippen LogP contribution in [0.5, 0.6) is 0 Å². The number of carbonyl (C=O) groups excluding carboxylic acids is 1. The van der Waals surface area contributed by atoms with Gasteiger partial charge in [-0.3, -0.25) is 4.79 Å². The molecule has 0 unspecified atom stereocenters. The van der Waals surface area contributed by atoms with Crippen LogP contribution in [0, 0.1) is 0 Å². The first-order valence-corrected chi connectivity index (χ1v) is 8.88. The van der Waals surface area contributed by atoms with E-state index >= 15 is 0 Å². The molecule has 0 aliphatic rings. The summed E-state index contributed by atoms with van der Waals surface area (Å²) in [5.41, 5.74) is 0.521. The highest BCUT2D eigenvalue weighted by atomic mass is 16.5. The van der Waals surface area contributed by atoms with Crippen molar-refractivity contribution in [3.8, 4) is 0 Å². The second-order valence-corrected chi connectivity index (χ2v) is 8.07. The van der Waals surface area contributed by atoms with E-state index in [9.17, 15) is 4.79 Å². The first kappa shape index (κ1) is 21.5. The molecule has 0 bridgehead atoms. The normalized spacial score (nSPS) is 12.5. The van der Waals surface area contributed by atoms with E-state index in [4.69, 9.17) is 9.47 Å². The van der Waals surface area contributed by atoms with E-state index in [2.05, 4.69) is 29.1 Å². The molecule has 6 nitrogen and oxygen atoms in total. The van der Waals surface area contributed by atoms with Gasteiger partial charge in [-0.25, -0.2) is 9.97 Å². The molecular weight excluding hydrogens is 318 g/mol. The number of rotatable bonds is 9. The van der Waals surface area contributed by atoms with Crippen LogP contribution in [0.1, 0.15) is 77.0 Å². The van der Waals surface area contributed by atoms with E-state index < -0.39 is 0 Å². The molecule has 1 heterocycles. The van der Waals surface area contributed by atoms with E-state index in [1.54, 1.807) is 12.4 Å². The van der Waals surface area contributed by atoms with Crippen LogP contribution < -0.4 is 5.32 Å². The Hall–Kier alpha value is -1.53. The fraction of sp³-hybridized carbons (Fsp3) is 0.737. The zero-order chi connectivity index (χ0) is 19.1. The summed E-state index contributed by atoms with van der Waals surface area (Å²) in [5, 5.41) is 2.84. The van der Waals surface area contributed by atoms with Gasteiger partial charge in [0.2, 0.25) is 5.82 Å². The summed E-state index contributed by atoms with van der Waals surface area (Å²) >= 11 is 0. The molecule has 142 valence electrons. The lowest BCUT2D eigenvalue weighted by molar-refractivity contribution is -0.0804. The molecule has 0 saturated heterocycles. The Morgan fingerprint density at radius 1 is 1.08 bits per heavy atom. The van der Waals surface area contributed by atoms with Crippen molar-refractivity contribution in [1.82, 2.24) is 15.3 Å². The number of ether oxygens (including phenoxy) is 2. The zero-order valence-corrected chi connectivity index (χ0v) is 16.7. The third kappa shape index (κ3) is 8.93. The summed E-state index contributed by atoms with van der Waals surface area (Å²) in [6.45, 7) is 15.8. The van der Waals surface area contributed by atoms with Crippen LogP contribution in [-0.4, -0.2) is 46.8 Å². The Morgan fingerprint density at radius 2 is 1.64 bits per heavy atom. The number of hydrogen-bond donors (Lipinski definition) is 1. The molecule has 1 aromatic heterocycles. The second kappa shape index (κ2) is 9.25. The molecule has 0 atom stereocenters. The third-order valence-corrected chi connectivity index (χ3v) is 3.67. The molecule has 1 rings (SSSR count). The summed E-state index contributed by atoms with van der Waals surface area (Å²) in [6, 6.07) is 0. The highest BCUT2D eigenvalue weighted by molar-refractivity contribution is 5.90. The SMILES string of the molecule is CC(C)c1cnc(C(=O)NCCC(C)(C)OCCOC(C)(C)C)nc1. The fourth-order valence-electron chi connectivity index (χ4n) is 2.05. The summed E-state index contributed by atoms with van der Waals surface area (Å²) in [7, 11) is 0. The highest BCUT2D eigenvalue weighted by Crippen LogP contribution is 2.15. The third-order valence-electron chi connectivity index (χ3n) is 3.67. The molecule has 0 spiro atoms. The molecule has 1 N–H and O–H groups in total. The van der Waals surface area contributed by atoms with Gasteiger partial charge in [0.25, 0.3) is 5.91 Å². The number of nitrogens with zero attached hydrogens (tertiary/aromatic N) is 2. The number of carbonyl (C=O) groups is 1. The lowest BCUT2D eigenvalue weighted by Crippen LogP contribution is -2.34. The molecule has 0 fully saturated rings. The predicted molar refractivity (Wildman–Crippen MR) is 98.8 cm³/mol. The average Bonchev–Trinajstić information content (AvgIpc) is 2.50. The van der Waals surface area contributed by atoms with Crippen LogP contribution in [0.3, 0.4) is 0 Å². The molecule has 6 heteroatoms. The van der Waals surface area contributed by atoms with Crippen molar-refractivity contribution in [3.63, 3.8) is 0 Å². The van der Waals surface area contributed by atoms with Gasteiger partial charge in [-0.1, -0.05) is 13.8 Å². The van der Waals surface area contributed by atoms with E-state index in [0.717, 1.165) is 5.56 Å². The maximum Gasteiger partial charge on any atom is 0.289 e. The quantitative estimate of drug-likeness (QED) is 0.691. The number of nitrogens with one attached hydrogen (secondary N) is 1. The lowest BCUT2D eigenvalue weighted by Gasteiger charge is -2.27. The van der Waals surface area contributed by atoms with Gasteiger partial charge in [0, 0.05) is 18.9 Å². The molecule has 1 amide bonds. The van der Waals surface area contributed by atoms with Crippen LogP contribution >= 0.6 is 0 Å². The molecular formula is C19H33N3O3. The zero-order valence-electron chi connectivity index (χ0n) is 16.7. The van der Waals surface area contributed by atoms with Crippen molar-refractivity contribution in [2.24, 2.45) is 0 Å². The maximum atomic E-state index is 12.1. The Balaban J connectivity index is 2.33. The molecule has 0 aliphatic carbocycles. The summed E-state index contributed by atoms with van der Waals surface area (Å²) in [6.07, 6.45) is 4.10. The smallest absolute Gasteiger partial charge is 0.289 e. The predicted octanol–water partition coefficient (Wildman–Crippen LogP) is 3.33. The van der Waals surface area contributed by atoms with Gasteiger partial charge in [0.1, 0.15) is 0 Å². The lowest BCUT2D eigenvalue weighted by atomic mass is 10.1. The largest absolute Gasteiger partial charge is 0.373 e. The topological polar surface area (TPSA) is 73.3 Å². The summed E-state index contributed by atoms with van der Waals surface area (Å²) in [4.78, 5) is 20.3. The van der Waals surface area contributed by atoms with Gasteiger partial charge in [-0.15, -0.1) is 0 Å². The number of aromatic nitrogens is 2. The summed E-state index contributed by atoms with van der Waals surface area (Å²) < 4.78 is 11.5. The Kier molecular flexibility index (Phi) is 7.96. The minimum atomic E-state index is -0.336. The Bertz CT molecular complexity index is 534. The maximum absolute atomic E-state index is 12.1. The van der Waals surface area contributed by atoms with Crippen LogP contribution in [0.2, 0.25) is 0 Å². The molecule has 1 aromatic rings. The van der Waals surface area contributed by atoms with E-state index in [1.807, 2.05) is 34.6 Å². The van der Waals surface area contributed by atoms with Crippen molar-refractivity contribution in [2.45, 2.75) is 72.0 Å². The van der Waals surface area contributed by atoms with Crippen molar-refractivity contribution < 1.29 is 14.3 Å². The van der Waals surface area contributed by atoms with E-state index in [-0.39, 0.29) is 22.9 Å². The van der Waals surface area contributed by atoms with Gasteiger partial charge >= 0.3 is 0 Å². The first-order valence-electron chi connectivity index (χ1n) is 8.88. The van der Waals surface area contributed by atoms with Gasteiger partial charge in [-0.05, 0) is 52.5 Å². The summed E-state index contributed by atoms with van der Waals surface area (Å²) in [5.74, 6) is 0.279. The number of amides is 1. The number of hydrogen-bond acceptors (Lipinski definition) is 5. The van der Waals surface area contributed by atoms with Crippen LogP contribution in [0.15, 0.2) is 12.4 Å². The molecule has 0 saturated carbocycles. The van der Waals surface area contributed by atoms with Crippen molar-refractivity contribution >= 4 is 5.91 Å². The van der Waals surface area contributed by atoms with Crippen LogP contribution in [-0.2, 0) is 9.47 Å². The monoisotopic (exact) mass is 351 g/mol. The van der Waals surface area contributed by atoms with Crippen molar-refractivity contribution in [1.29, 1.82) is 0 Å². The van der Waals surface area contributed by atoms with Gasteiger partial charge < -0.3 is 14.8 Å². The fourth-order valence-corrected chi connectivity index (χ4v) is 2.05. The van der Waals surface area contributed by atoms with E-state index in [1.165, 1.54) is 0 Å². The van der Waals surface area contributed by atoms with Crippen LogP contribution in [0.4, 0.5) is 0 Å². The average molecular weight is 351 g/mol. The minimum Gasteiger partial charge on any atom is -0.373 e. The Morgan fingerprint density at radius 3 is 2.16 bits per heavy atom. The first-order chi connectivity index (χ1) is 11.5. The van der Waals surface area contributed by atoms with Gasteiger partial charge in [0.05, 0.1) is 24.4 Å². The van der Waals surface area contributed by atoms with Gasteiger partial charge in [0.15, 0.2) is 0 Å². The molecule has 0 aromatic carbocycles. The molecule has 25 heavy (non-hydrogen) atoms. The van der Waals surface area contributed by atoms with Crippen LogP contribution in [0.25, 0.3) is 0 Å². The standard InChI is InChI=1S/C19H33N3O3/c1-14(2)15-12-21-16(22-13-15)17(23)20-9-8-19(6,7)25-11-10-24-18(3,4)5/h12-14H,8-11H2,1-7H3,(H,20,23). The van der Waals surface area contributed by atoms with Crippen molar-refractivity contribution in [3.05, 3.63) is 23.8 Å². The Labute approximate surface area is 151 Å². The van der Waals surface area contributed by atoms with Gasteiger partial charge in [-0.2, -0.15) is 0 Å². The van der Waals surface area contributed by atoms with E-state index in [0.29, 0.717) is 32.1 Å². The molecule has 0 aliphatic heterocycles. The molecule has 0 radical (unpaired) electrons. The second-order valence-electron chi connectivity index (χ2n) is 8.07. The van der Waals surface area contributed by atoms with Crippen molar-refractivity contribution in [2.75, 3.05) is 19.8 Å².